The van der Waals surface area contributed by atoms with Gasteiger partial charge in [0.15, 0.2) is 0 Å². The third kappa shape index (κ3) is 4.64. The molecule has 0 spiro atoms. The van der Waals surface area contributed by atoms with Gasteiger partial charge in [-0.3, -0.25) is 0 Å². The van der Waals surface area contributed by atoms with Gasteiger partial charge in [0.1, 0.15) is 0 Å². The van der Waals surface area contributed by atoms with Crippen LogP contribution in [0.3, 0.4) is 0 Å². The largest absolute Gasteiger partial charge is 0.399 e. The van der Waals surface area contributed by atoms with Crippen molar-refractivity contribution in [2.45, 2.75) is 19.8 Å². The van der Waals surface area contributed by atoms with Crippen LogP contribution < -0.4 is 10.5 Å². The standard InChI is InChI=1S/C12H21N3O2S/c1-3-10-15(2)18(16,17)14-9-8-11-4-6-12(13)7-5-11/h4-7,14H,3,8-10,13H2,1-2H3. The predicted molar refractivity (Wildman–Crippen MR) is 74.4 cm³/mol. The maximum atomic E-state index is 11.8. The molecular formula is C12H21N3O2S. The molecule has 0 heterocycles. The minimum absolute atomic E-state index is 0.389. The van der Waals surface area contributed by atoms with Gasteiger partial charge in [-0.15, -0.1) is 0 Å². The molecule has 0 fully saturated rings. The molecular weight excluding hydrogens is 250 g/mol. The van der Waals surface area contributed by atoms with E-state index < -0.39 is 10.2 Å². The molecule has 0 atom stereocenters. The van der Waals surface area contributed by atoms with Gasteiger partial charge in [0, 0.05) is 25.8 Å². The number of anilines is 1. The Morgan fingerprint density at radius 2 is 1.89 bits per heavy atom. The van der Waals surface area contributed by atoms with Crippen molar-refractivity contribution in [2.24, 2.45) is 0 Å². The van der Waals surface area contributed by atoms with Crippen molar-refractivity contribution in [3.05, 3.63) is 29.8 Å². The molecule has 5 nitrogen and oxygen atoms in total. The molecule has 0 aliphatic rings. The van der Waals surface area contributed by atoms with E-state index in [4.69, 9.17) is 5.73 Å². The zero-order valence-electron chi connectivity index (χ0n) is 10.9. The van der Waals surface area contributed by atoms with E-state index in [0.717, 1.165) is 12.0 Å². The summed E-state index contributed by atoms with van der Waals surface area (Å²) in [4.78, 5) is 0. The third-order valence-corrected chi connectivity index (χ3v) is 4.20. The van der Waals surface area contributed by atoms with Crippen LogP contribution in [0.2, 0.25) is 0 Å². The van der Waals surface area contributed by atoms with Crippen LogP contribution in [-0.2, 0) is 16.6 Å². The highest BCUT2D eigenvalue weighted by Gasteiger charge is 2.15. The number of rotatable bonds is 7. The van der Waals surface area contributed by atoms with Crippen molar-refractivity contribution in [2.75, 3.05) is 25.9 Å². The molecule has 0 aliphatic carbocycles. The molecule has 102 valence electrons. The van der Waals surface area contributed by atoms with Crippen molar-refractivity contribution in [1.82, 2.24) is 9.03 Å². The van der Waals surface area contributed by atoms with Gasteiger partial charge in [-0.1, -0.05) is 19.1 Å². The maximum absolute atomic E-state index is 11.8. The lowest BCUT2D eigenvalue weighted by molar-refractivity contribution is 0.457. The number of hydrogen-bond acceptors (Lipinski definition) is 3. The predicted octanol–water partition coefficient (Wildman–Crippen LogP) is 0.988. The first-order valence-electron chi connectivity index (χ1n) is 6.01. The van der Waals surface area contributed by atoms with Crippen LogP contribution in [0.25, 0.3) is 0 Å². The van der Waals surface area contributed by atoms with Crippen LogP contribution in [0.5, 0.6) is 0 Å². The monoisotopic (exact) mass is 271 g/mol. The second-order valence-corrected chi connectivity index (χ2v) is 6.07. The summed E-state index contributed by atoms with van der Waals surface area (Å²) in [6.07, 6.45) is 1.45. The Labute approximate surface area is 109 Å². The summed E-state index contributed by atoms with van der Waals surface area (Å²) in [5.41, 5.74) is 7.35. The van der Waals surface area contributed by atoms with Crippen LogP contribution in [0.1, 0.15) is 18.9 Å². The van der Waals surface area contributed by atoms with Gasteiger partial charge in [0.2, 0.25) is 0 Å². The first-order chi connectivity index (χ1) is 8.45. The Kier molecular flexibility index (Phi) is 5.58. The molecule has 18 heavy (non-hydrogen) atoms. The summed E-state index contributed by atoms with van der Waals surface area (Å²) in [7, 11) is -1.76. The molecule has 0 aromatic heterocycles. The Bertz CT molecular complexity index is 457. The number of nitrogens with one attached hydrogen (secondary N) is 1. The SMILES string of the molecule is CCCN(C)S(=O)(=O)NCCc1ccc(N)cc1. The number of nitrogen functional groups attached to an aromatic ring is 1. The lowest BCUT2D eigenvalue weighted by Gasteiger charge is -2.16. The quantitative estimate of drug-likeness (QED) is 0.726. The fraction of sp³-hybridized carbons (Fsp3) is 0.500. The van der Waals surface area contributed by atoms with E-state index >= 15 is 0 Å². The molecule has 1 aromatic rings. The number of benzene rings is 1. The average Bonchev–Trinajstić information content (AvgIpc) is 2.32. The fourth-order valence-electron chi connectivity index (χ4n) is 1.55. The lowest BCUT2D eigenvalue weighted by atomic mass is 10.1. The summed E-state index contributed by atoms with van der Waals surface area (Å²) in [6, 6.07) is 7.43. The highest BCUT2D eigenvalue weighted by molar-refractivity contribution is 7.87. The van der Waals surface area contributed by atoms with Gasteiger partial charge in [-0.05, 0) is 30.5 Å². The number of nitrogens with zero attached hydrogens (tertiary/aromatic N) is 1. The topological polar surface area (TPSA) is 75.4 Å². The van der Waals surface area contributed by atoms with Gasteiger partial charge in [-0.25, -0.2) is 4.72 Å². The normalized spacial score (nSPS) is 11.9. The Hall–Kier alpha value is -1.11. The molecule has 0 aliphatic heterocycles. The van der Waals surface area contributed by atoms with Gasteiger partial charge < -0.3 is 5.73 Å². The van der Waals surface area contributed by atoms with E-state index in [-0.39, 0.29) is 0 Å². The lowest BCUT2D eigenvalue weighted by Crippen LogP contribution is -2.39. The van der Waals surface area contributed by atoms with Crippen molar-refractivity contribution in [3.8, 4) is 0 Å². The van der Waals surface area contributed by atoms with E-state index in [1.54, 1.807) is 7.05 Å². The smallest absolute Gasteiger partial charge is 0.279 e. The van der Waals surface area contributed by atoms with Crippen LogP contribution in [0, 0.1) is 0 Å². The molecule has 1 rings (SSSR count). The van der Waals surface area contributed by atoms with E-state index in [1.165, 1.54) is 4.31 Å². The summed E-state index contributed by atoms with van der Waals surface area (Å²) in [5, 5.41) is 0. The Balaban J connectivity index is 2.44. The molecule has 6 heteroatoms. The van der Waals surface area contributed by atoms with Crippen molar-refractivity contribution in [1.29, 1.82) is 0 Å². The summed E-state index contributed by atoms with van der Waals surface area (Å²) in [5.74, 6) is 0. The zero-order chi connectivity index (χ0) is 13.6. The number of nitrogens with two attached hydrogens (primary N) is 1. The van der Waals surface area contributed by atoms with Crippen LogP contribution in [0.15, 0.2) is 24.3 Å². The van der Waals surface area contributed by atoms with Crippen LogP contribution in [0.4, 0.5) is 5.69 Å². The van der Waals surface area contributed by atoms with Gasteiger partial charge in [0.25, 0.3) is 10.2 Å². The Morgan fingerprint density at radius 3 is 2.44 bits per heavy atom. The van der Waals surface area contributed by atoms with Crippen molar-refractivity contribution in [3.63, 3.8) is 0 Å². The fourth-order valence-corrected chi connectivity index (χ4v) is 2.56. The van der Waals surface area contributed by atoms with E-state index in [0.29, 0.717) is 25.2 Å². The van der Waals surface area contributed by atoms with Crippen LogP contribution in [-0.4, -0.2) is 32.9 Å². The third-order valence-electron chi connectivity index (χ3n) is 2.63. The average molecular weight is 271 g/mol. The molecule has 0 saturated carbocycles. The zero-order valence-corrected chi connectivity index (χ0v) is 11.7. The minimum Gasteiger partial charge on any atom is -0.399 e. The molecule has 1 aromatic carbocycles. The molecule has 3 N–H and O–H groups in total. The number of hydrogen-bond donors (Lipinski definition) is 2. The van der Waals surface area contributed by atoms with Crippen molar-refractivity contribution >= 4 is 15.9 Å². The molecule has 0 unspecified atom stereocenters. The van der Waals surface area contributed by atoms with Gasteiger partial charge >= 0.3 is 0 Å². The van der Waals surface area contributed by atoms with E-state index in [9.17, 15) is 8.42 Å². The second kappa shape index (κ2) is 6.72. The minimum atomic E-state index is -3.34. The highest BCUT2D eigenvalue weighted by Crippen LogP contribution is 2.05. The summed E-state index contributed by atoms with van der Waals surface area (Å²) >= 11 is 0. The second-order valence-electron chi connectivity index (χ2n) is 4.21. The first kappa shape index (κ1) is 14.9. The van der Waals surface area contributed by atoms with Gasteiger partial charge in [-0.2, -0.15) is 12.7 Å². The molecule has 0 radical (unpaired) electrons. The molecule has 0 bridgehead atoms. The Morgan fingerprint density at radius 1 is 1.28 bits per heavy atom. The van der Waals surface area contributed by atoms with Crippen LogP contribution >= 0.6 is 0 Å². The van der Waals surface area contributed by atoms with Crippen molar-refractivity contribution < 1.29 is 8.42 Å². The summed E-state index contributed by atoms with van der Waals surface area (Å²) < 4.78 is 27.4. The van der Waals surface area contributed by atoms with E-state index in [1.807, 2.05) is 31.2 Å². The molecule has 0 amide bonds. The maximum Gasteiger partial charge on any atom is 0.279 e. The molecule has 0 saturated heterocycles. The summed E-state index contributed by atoms with van der Waals surface area (Å²) in [6.45, 7) is 2.86. The van der Waals surface area contributed by atoms with E-state index in [2.05, 4.69) is 4.72 Å². The highest BCUT2D eigenvalue weighted by atomic mass is 32.2. The first-order valence-corrected chi connectivity index (χ1v) is 7.45. The van der Waals surface area contributed by atoms with Gasteiger partial charge in [0.05, 0.1) is 0 Å².